The number of nitrogens with two attached hydrogens (primary N) is 1. The van der Waals surface area contributed by atoms with E-state index in [-0.39, 0.29) is 42.8 Å². The van der Waals surface area contributed by atoms with Gasteiger partial charge in [-0.15, -0.1) is 24.8 Å². The number of nitrogens with zero attached hydrogens (tertiary/aromatic N) is 1. The number of hydrogen-bond donors (Lipinski definition) is 2. The summed E-state index contributed by atoms with van der Waals surface area (Å²) < 4.78 is 16.2. The molecule has 1 fully saturated rings. The molecule has 2 rings (SSSR count). The van der Waals surface area contributed by atoms with Crippen LogP contribution >= 0.6 is 24.8 Å². The molecule has 1 aliphatic rings. The van der Waals surface area contributed by atoms with Gasteiger partial charge in [0, 0.05) is 32.1 Å². The fourth-order valence-electron chi connectivity index (χ4n) is 3.06. The van der Waals surface area contributed by atoms with Crippen LogP contribution in [0.5, 0.6) is 11.5 Å². The second-order valence-electron chi connectivity index (χ2n) is 6.60. The maximum atomic E-state index is 12.1. The molecule has 28 heavy (non-hydrogen) atoms. The van der Waals surface area contributed by atoms with Crippen LogP contribution in [0.4, 0.5) is 0 Å². The van der Waals surface area contributed by atoms with E-state index in [4.69, 9.17) is 19.9 Å². The first kappa shape index (κ1) is 26.8. The summed E-state index contributed by atoms with van der Waals surface area (Å²) in [5.74, 6) is 1.41. The first-order chi connectivity index (χ1) is 12.5. The Balaban J connectivity index is 0.00000364. The van der Waals surface area contributed by atoms with Crippen LogP contribution in [0, 0.1) is 0 Å². The Morgan fingerprint density at radius 2 is 1.86 bits per heavy atom. The fourth-order valence-corrected chi connectivity index (χ4v) is 3.06. The van der Waals surface area contributed by atoms with E-state index < -0.39 is 0 Å². The Morgan fingerprint density at radius 3 is 2.43 bits per heavy atom. The number of halogens is 2. The van der Waals surface area contributed by atoms with Crippen LogP contribution < -0.4 is 20.5 Å². The smallest absolute Gasteiger partial charge is 0.220 e. The van der Waals surface area contributed by atoms with Gasteiger partial charge < -0.3 is 25.3 Å². The molecule has 0 saturated carbocycles. The van der Waals surface area contributed by atoms with Crippen molar-refractivity contribution in [2.45, 2.75) is 31.8 Å². The summed E-state index contributed by atoms with van der Waals surface area (Å²) in [6, 6.07) is 5.99. The van der Waals surface area contributed by atoms with Crippen LogP contribution in [0.25, 0.3) is 0 Å². The summed E-state index contributed by atoms with van der Waals surface area (Å²) in [7, 11) is 3.25. The summed E-state index contributed by atoms with van der Waals surface area (Å²) >= 11 is 0. The highest BCUT2D eigenvalue weighted by Gasteiger charge is 2.24. The number of rotatable bonds is 9. The lowest BCUT2D eigenvalue weighted by Gasteiger charge is -2.35. The zero-order chi connectivity index (χ0) is 18.9. The Hall–Kier alpha value is -1.25. The van der Waals surface area contributed by atoms with Gasteiger partial charge in [0.2, 0.25) is 5.91 Å². The molecule has 162 valence electrons. The van der Waals surface area contributed by atoms with Crippen molar-refractivity contribution in [3.8, 4) is 11.5 Å². The van der Waals surface area contributed by atoms with Crippen LogP contribution in [0.1, 0.15) is 31.4 Å². The first-order valence-corrected chi connectivity index (χ1v) is 9.11. The third-order valence-electron chi connectivity index (χ3n) is 4.60. The van der Waals surface area contributed by atoms with Crippen LogP contribution in [-0.2, 0) is 9.53 Å². The van der Waals surface area contributed by atoms with Crippen molar-refractivity contribution in [1.29, 1.82) is 0 Å². The highest BCUT2D eigenvalue weighted by Crippen LogP contribution is 2.32. The van der Waals surface area contributed by atoms with Gasteiger partial charge in [-0.2, -0.15) is 0 Å². The Kier molecular flexibility index (Phi) is 13.2. The number of benzene rings is 1. The Morgan fingerprint density at radius 1 is 1.21 bits per heavy atom. The quantitative estimate of drug-likeness (QED) is 0.615. The van der Waals surface area contributed by atoms with Crippen molar-refractivity contribution in [3.63, 3.8) is 0 Å². The van der Waals surface area contributed by atoms with E-state index in [1.807, 2.05) is 25.1 Å². The lowest BCUT2D eigenvalue weighted by atomic mass is 10.0. The molecule has 0 aliphatic carbocycles. The molecule has 1 amide bonds. The van der Waals surface area contributed by atoms with Crippen molar-refractivity contribution in [3.05, 3.63) is 23.8 Å². The number of ether oxygens (including phenoxy) is 3. The zero-order valence-electron chi connectivity index (χ0n) is 16.8. The lowest BCUT2D eigenvalue weighted by Crippen LogP contribution is -2.43. The summed E-state index contributed by atoms with van der Waals surface area (Å²) in [4.78, 5) is 14.5. The van der Waals surface area contributed by atoms with Gasteiger partial charge in [-0.05, 0) is 31.0 Å². The molecule has 9 heteroatoms. The van der Waals surface area contributed by atoms with E-state index in [9.17, 15) is 4.79 Å². The fraction of sp³-hybridized carbons (Fsp3) is 0.632. The van der Waals surface area contributed by atoms with Crippen LogP contribution in [-0.4, -0.2) is 63.9 Å². The third-order valence-corrected chi connectivity index (χ3v) is 4.60. The van der Waals surface area contributed by atoms with Gasteiger partial charge in [0.25, 0.3) is 0 Å². The second kappa shape index (κ2) is 13.8. The van der Waals surface area contributed by atoms with E-state index in [2.05, 4.69) is 10.2 Å². The molecule has 0 bridgehead atoms. The predicted octanol–water partition coefficient (Wildman–Crippen LogP) is 2.16. The zero-order valence-corrected chi connectivity index (χ0v) is 18.4. The van der Waals surface area contributed by atoms with Gasteiger partial charge in [0.15, 0.2) is 11.5 Å². The SMILES string of the molecule is COc1ccc(C(CNC(=O)CCC(C)N)N2CCOCC2)cc1OC.Cl.Cl. The number of morpholine rings is 1. The minimum atomic E-state index is 0. The molecule has 7 nitrogen and oxygen atoms in total. The van der Waals surface area contributed by atoms with Crippen molar-refractivity contribution in [2.24, 2.45) is 5.73 Å². The van der Waals surface area contributed by atoms with Crippen LogP contribution in [0.2, 0.25) is 0 Å². The van der Waals surface area contributed by atoms with Gasteiger partial charge in [0.1, 0.15) is 0 Å². The van der Waals surface area contributed by atoms with Crippen molar-refractivity contribution < 1.29 is 19.0 Å². The van der Waals surface area contributed by atoms with Gasteiger partial charge in [-0.1, -0.05) is 6.07 Å². The third kappa shape index (κ3) is 8.01. The number of carbonyl (C=O) groups is 1. The minimum Gasteiger partial charge on any atom is -0.493 e. The van der Waals surface area contributed by atoms with E-state index in [0.717, 1.165) is 18.7 Å². The summed E-state index contributed by atoms with van der Waals surface area (Å²) in [5.41, 5.74) is 6.82. The highest BCUT2D eigenvalue weighted by molar-refractivity contribution is 5.85. The average Bonchev–Trinajstić information content (AvgIpc) is 2.67. The van der Waals surface area contributed by atoms with E-state index in [1.165, 1.54) is 0 Å². The number of hydrogen-bond acceptors (Lipinski definition) is 6. The molecule has 2 unspecified atom stereocenters. The average molecular weight is 438 g/mol. The standard InChI is InChI=1S/C19H31N3O4.2ClH/c1-14(20)4-7-19(23)21-13-16(22-8-10-26-11-9-22)15-5-6-17(24-2)18(12-15)25-3;;/h5-6,12,14,16H,4,7-11,13,20H2,1-3H3,(H,21,23);2*1H. The Bertz CT molecular complexity index is 584. The molecule has 1 aromatic carbocycles. The van der Waals surface area contributed by atoms with Gasteiger partial charge >= 0.3 is 0 Å². The minimum absolute atomic E-state index is 0. The molecule has 1 heterocycles. The molecule has 2 atom stereocenters. The largest absolute Gasteiger partial charge is 0.493 e. The molecular weight excluding hydrogens is 405 g/mol. The highest BCUT2D eigenvalue weighted by atomic mass is 35.5. The number of nitrogens with one attached hydrogen (secondary N) is 1. The second-order valence-corrected chi connectivity index (χ2v) is 6.60. The summed E-state index contributed by atoms with van der Waals surface area (Å²) in [5, 5.41) is 3.05. The first-order valence-electron chi connectivity index (χ1n) is 9.11. The molecule has 3 N–H and O–H groups in total. The monoisotopic (exact) mass is 437 g/mol. The number of amides is 1. The van der Waals surface area contributed by atoms with E-state index in [0.29, 0.717) is 44.1 Å². The molecule has 1 saturated heterocycles. The molecule has 1 aromatic rings. The van der Waals surface area contributed by atoms with Gasteiger partial charge in [0.05, 0.1) is 33.5 Å². The number of carbonyl (C=O) groups excluding carboxylic acids is 1. The maximum absolute atomic E-state index is 12.1. The topological polar surface area (TPSA) is 86.0 Å². The van der Waals surface area contributed by atoms with Gasteiger partial charge in [-0.25, -0.2) is 0 Å². The van der Waals surface area contributed by atoms with Crippen molar-refractivity contribution in [1.82, 2.24) is 10.2 Å². The maximum Gasteiger partial charge on any atom is 0.220 e. The predicted molar refractivity (Wildman–Crippen MR) is 115 cm³/mol. The summed E-state index contributed by atoms with van der Waals surface area (Å²) in [6.45, 7) is 5.50. The molecule has 1 aliphatic heterocycles. The van der Waals surface area contributed by atoms with Crippen molar-refractivity contribution in [2.75, 3.05) is 47.1 Å². The van der Waals surface area contributed by atoms with E-state index >= 15 is 0 Å². The normalized spacial score (nSPS) is 16.1. The summed E-state index contributed by atoms with van der Waals surface area (Å²) in [6.07, 6.45) is 1.13. The number of methoxy groups -OCH3 is 2. The van der Waals surface area contributed by atoms with Gasteiger partial charge in [-0.3, -0.25) is 9.69 Å². The van der Waals surface area contributed by atoms with E-state index in [1.54, 1.807) is 14.2 Å². The molecule has 0 aromatic heterocycles. The Labute approximate surface area is 180 Å². The lowest BCUT2D eigenvalue weighted by molar-refractivity contribution is -0.121. The molecule has 0 radical (unpaired) electrons. The van der Waals surface area contributed by atoms with Crippen LogP contribution in [0.15, 0.2) is 18.2 Å². The van der Waals surface area contributed by atoms with Crippen molar-refractivity contribution >= 4 is 30.7 Å². The molecule has 0 spiro atoms. The van der Waals surface area contributed by atoms with Crippen LogP contribution in [0.3, 0.4) is 0 Å². The molecular formula is C19H33Cl2N3O4.